The van der Waals surface area contributed by atoms with E-state index in [4.69, 9.17) is 0 Å². The molecule has 1 aromatic heterocycles. The molecule has 3 rings (SSSR count). The molecule has 6 heteroatoms. The van der Waals surface area contributed by atoms with Crippen molar-refractivity contribution in [2.24, 2.45) is 0 Å². The van der Waals surface area contributed by atoms with E-state index in [1.807, 2.05) is 38.1 Å². The lowest BCUT2D eigenvalue weighted by molar-refractivity contribution is -0.126. The highest BCUT2D eigenvalue weighted by Crippen LogP contribution is 2.30. The first-order valence-corrected chi connectivity index (χ1v) is 7.61. The second kappa shape index (κ2) is 5.96. The summed E-state index contributed by atoms with van der Waals surface area (Å²) >= 11 is 0. The first kappa shape index (κ1) is 15.4. The highest BCUT2D eigenvalue weighted by molar-refractivity contribution is 5.95. The van der Waals surface area contributed by atoms with Crippen molar-refractivity contribution in [2.75, 3.05) is 13.1 Å². The molecule has 2 N–H and O–H groups in total. The maximum absolute atomic E-state index is 12.5. The fourth-order valence-corrected chi connectivity index (χ4v) is 2.99. The van der Waals surface area contributed by atoms with Crippen LogP contribution in [-0.2, 0) is 10.4 Å². The molecule has 1 aliphatic heterocycles. The Balaban J connectivity index is 1.75. The largest absolute Gasteiger partial charge is 0.381 e. The SMILES string of the molecule is C/C(=C\C(=O)N1CCC(O)(c2cn[nH]n2)C1)c1ccccc1C. The summed E-state index contributed by atoms with van der Waals surface area (Å²) in [6.45, 7) is 4.69. The minimum atomic E-state index is -1.12. The van der Waals surface area contributed by atoms with Gasteiger partial charge in [-0.3, -0.25) is 4.79 Å². The number of amides is 1. The number of allylic oxidation sites excluding steroid dienone is 1. The molecule has 1 saturated heterocycles. The fourth-order valence-electron chi connectivity index (χ4n) is 2.99. The number of aromatic nitrogens is 3. The zero-order chi connectivity index (χ0) is 16.4. The zero-order valence-corrected chi connectivity index (χ0v) is 13.3. The number of nitrogens with zero attached hydrogens (tertiary/aromatic N) is 3. The Morgan fingerprint density at radius 2 is 2.22 bits per heavy atom. The molecule has 23 heavy (non-hydrogen) atoms. The molecule has 6 nitrogen and oxygen atoms in total. The number of carbonyl (C=O) groups excluding carboxylic acids is 1. The minimum Gasteiger partial charge on any atom is -0.381 e. The predicted octanol–water partition coefficient (Wildman–Crippen LogP) is 1.64. The minimum absolute atomic E-state index is 0.0924. The van der Waals surface area contributed by atoms with Crippen molar-refractivity contribution in [3.05, 3.63) is 53.4 Å². The van der Waals surface area contributed by atoms with Crippen LogP contribution in [0.1, 0.15) is 30.2 Å². The van der Waals surface area contributed by atoms with Crippen molar-refractivity contribution in [1.29, 1.82) is 0 Å². The van der Waals surface area contributed by atoms with Crippen molar-refractivity contribution in [3.63, 3.8) is 0 Å². The van der Waals surface area contributed by atoms with Crippen LogP contribution >= 0.6 is 0 Å². The molecule has 120 valence electrons. The Morgan fingerprint density at radius 1 is 1.43 bits per heavy atom. The average molecular weight is 312 g/mol. The molecule has 2 aromatic rings. The Labute approximate surface area is 134 Å². The number of benzene rings is 1. The van der Waals surface area contributed by atoms with E-state index < -0.39 is 5.60 Å². The number of likely N-dealkylation sites (tertiary alicyclic amines) is 1. The molecule has 2 heterocycles. The zero-order valence-electron chi connectivity index (χ0n) is 13.3. The number of H-pyrrole nitrogens is 1. The average Bonchev–Trinajstić information content (AvgIpc) is 3.18. The van der Waals surface area contributed by atoms with E-state index in [9.17, 15) is 9.90 Å². The van der Waals surface area contributed by atoms with Gasteiger partial charge in [-0.2, -0.15) is 15.4 Å². The second-order valence-electron chi connectivity index (χ2n) is 6.04. The number of hydrogen-bond acceptors (Lipinski definition) is 4. The van der Waals surface area contributed by atoms with Gasteiger partial charge >= 0.3 is 0 Å². The van der Waals surface area contributed by atoms with Gasteiger partial charge in [0.1, 0.15) is 11.3 Å². The van der Waals surface area contributed by atoms with Gasteiger partial charge < -0.3 is 10.0 Å². The van der Waals surface area contributed by atoms with E-state index in [0.29, 0.717) is 18.7 Å². The van der Waals surface area contributed by atoms with Crippen LogP contribution in [0.3, 0.4) is 0 Å². The summed E-state index contributed by atoms with van der Waals surface area (Å²) in [5, 5.41) is 20.8. The van der Waals surface area contributed by atoms with Gasteiger partial charge in [0.15, 0.2) is 0 Å². The van der Waals surface area contributed by atoms with Crippen LogP contribution in [0.2, 0.25) is 0 Å². The molecule has 0 saturated carbocycles. The predicted molar refractivity (Wildman–Crippen MR) is 86.3 cm³/mol. The number of rotatable bonds is 3. The van der Waals surface area contributed by atoms with Crippen LogP contribution in [0.15, 0.2) is 36.5 Å². The van der Waals surface area contributed by atoms with Gasteiger partial charge in [-0.15, -0.1) is 0 Å². The van der Waals surface area contributed by atoms with E-state index in [0.717, 1.165) is 16.7 Å². The molecule has 1 aromatic carbocycles. The van der Waals surface area contributed by atoms with Gasteiger partial charge in [0, 0.05) is 19.0 Å². The van der Waals surface area contributed by atoms with Crippen molar-refractivity contribution in [3.8, 4) is 0 Å². The van der Waals surface area contributed by atoms with Gasteiger partial charge in [-0.25, -0.2) is 0 Å². The summed E-state index contributed by atoms with van der Waals surface area (Å²) in [5.74, 6) is -0.0924. The van der Waals surface area contributed by atoms with E-state index in [2.05, 4.69) is 15.4 Å². The topological polar surface area (TPSA) is 82.1 Å². The summed E-state index contributed by atoms with van der Waals surface area (Å²) < 4.78 is 0. The smallest absolute Gasteiger partial charge is 0.246 e. The van der Waals surface area contributed by atoms with Gasteiger partial charge in [0.25, 0.3) is 0 Å². The Kier molecular flexibility index (Phi) is 4.00. The number of β-amino-alcohol motifs (C(OH)–C–C–N with tert-alkyl or cyclic N) is 1. The molecule has 0 spiro atoms. The summed E-state index contributed by atoms with van der Waals surface area (Å²) in [4.78, 5) is 14.1. The number of aliphatic hydroxyl groups is 1. The van der Waals surface area contributed by atoms with E-state index in [1.54, 1.807) is 11.0 Å². The lowest BCUT2D eigenvalue weighted by atomic mass is 10.00. The lowest BCUT2D eigenvalue weighted by Gasteiger charge is -2.20. The molecule has 0 radical (unpaired) electrons. The summed E-state index contributed by atoms with van der Waals surface area (Å²) in [6, 6.07) is 7.97. The summed E-state index contributed by atoms with van der Waals surface area (Å²) in [7, 11) is 0. The lowest BCUT2D eigenvalue weighted by Crippen LogP contribution is -2.34. The van der Waals surface area contributed by atoms with Gasteiger partial charge in [-0.1, -0.05) is 24.3 Å². The molecule has 1 amide bonds. The molecule has 1 atom stereocenters. The van der Waals surface area contributed by atoms with Crippen molar-refractivity contribution < 1.29 is 9.90 Å². The third-order valence-electron chi connectivity index (χ3n) is 4.36. The third kappa shape index (κ3) is 3.03. The number of aryl methyl sites for hydroxylation is 1. The maximum Gasteiger partial charge on any atom is 0.246 e. The van der Waals surface area contributed by atoms with Gasteiger partial charge in [-0.05, 0) is 30.5 Å². The molecular weight excluding hydrogens is 292 g/mol. The van der Waals surface area contributed by atoms with E-state index in [1.165, 1.54) is 6.20 Å². The maximum atomic E-state index is 12.5. The second-order valence-corrected chi connectivity index (χ2v) is 6.04. The van der Waals surface area contributed by atoms with Crippen LogP contribution < -0.4 is 0 Å². The van der Waals surface area contributed by atoms with Crippen molar-refractivity contribution in [2.45, 2.75) is 25.9 Å². The van der Waals surface area contributed by atoms with Crippen LogP contribution in [0.25, 0.3) is 5.57 Å². The molecule has 1 unspecified atom stereocenters. The van der Waals surface area contributed by atoms with Crippen LogP contribution in [0.4, 0.5) is 0 Å². The number of aromatic amines is 1. The molecule has 0 bridgehead atoms. The highest BCUT2D eigenvalue weighted by atomic mass is 16.3. The quantitative estimate of drug-likeness (QED) is 0.844. The van der Waals surface area contributed by atoms with Crippen molar-refractivity contribution in [1.82, 2.24) is 20.3 Å². The first-order valence-electron chi connectivity index (χ1n) is 7.61. The standard InChI is InChI=1S/C17H20N4O2/c1-12-5-3-4-6-14(12)13(2)9-16(22)21-8-7-17(23,11-21)15-10-18-20-19-15/h3-6,9-10,23H,7-8,11H2,1-2H3,(H,18,19,20)/b13-9+. The first-order chi connectivity index (χ1) is 11.0. The van der Waals surface area contributed by atoms with E-state index in [-0.39, 0.29) is 12.5 Å². The molecular formula is C17H20N4O2. The van der Waals surface area contributed by atoms with Crippen LogP contribution in [0, 0.1) is 6.92 Å². The van der Waals surface area contributed by atoms with Gasteiger partial charge in [0.2, 0.25) is 5.91 Å². The summed E-state index contributed by atoms with van der Waals surface area (Å²) in [6.07, 6.45) is 3.60. The Morgan fingerprint density at radius 3 is 2.91 bits per heavy atom. The highest BCUT2D eigenvalue weighted by Gasteiger charge is 2.41. The third-order valence-corrected chi connectivity index (χ3v) is 4.36. The normalized spacial score (nSPS) is 21.7. The van der Waals surface area contributed by atoms with Gasteiger partial charge in [0.05, 0.1) is 12.7 Å². The van der Waals surface area contributed by atoms with Crippen LogP contribution in [-0.4, -0.2) is 44.4 Å². The summed E-state index contributed by atoms with van der Waals surface area (Å²) in [5.41, 5.74) is 2.48. The number of hydrogen-bond donors (Lipinski definition) is 2. The molecule has 0 aliphatic carbocycles. The fraction of sp³-hybridized carbons (Fsp3) is 0.353. The molecule has 1 aliphatic rings. The van der Waals surface area contributed by atoms with E-state index >= 15 is 0 Å². The monoisotopic (exact) mass is 312 g/mol. The van der Waals surface area contributed by atoms with Crippen LogP contribution in [0.5, 0.6) is 0 Å². The number of nitrogens with one attached hydrogen (secondary N) is 1. The Hall–Kier alpha value is -2.47. The molecule has 1 fully saturated rings. The van der Waals surface area contributed by atoms with Crippen molar-refractivity contribution >= 4 is 11.5 Å². The number of carbonyl (C=O) groups is 1. The Bertz CT molecular complexity index is 739.